The zero-order chi connectivity index (χ0) is 18.3. The number of carbonyl (C=O) groups excluding carboxylic acids is 2. The van der Waals surface area contributed by atoms with Crippen LogP contribution in [0.25, 0.3) is 5.57 Å². The fraction of sp³-hybridized carbons (Fsp3) is 0.316. The van der Waals surface area contributed by atoms with E-state index in [1.165, 1.54) is 6.08 Å². The summed E-state index contributed by atoms with van der Waals surface area (Å²) >= 11 is 0. The summed E-state index contributed by atoms with van der Waals surface area (Å²) in [4.78, 5) is 40.1. The van der Waals surface area contributed by atoms with Crippen molar-refractivity contribution < 1.29 is 14.7 Å². The predicted octanol–water partition coefficient (Wildman–Crippen LogP) is 0.317. The van der Waals surface area contributed by atoms with Gasteiger partial charge in [-0.15, -0.1) is 0 Å². The van der Waals surface area contributed by atoms with Gasteiger partial charge < -0.3 is 9.67 Å². The highest BCUT2D eigenvalue weighted by molar-refractivity contribution is 5.98. The Morgan fingerprint density at radius 2 is 2.00 bits per heavy atom. The molecule has 6 heteroatoms. The Morgan fingerprint density at radius 1 is 1.28 bits per heavy atom. The van der Waals surface area contributed by atoms with Crippen LogP contribution in [0, 0.1) is 10.6 Å². The number of hydrogen-bond donors (Lipinski definition) is 1. The third kappa shape index (κ3) is 2.42. The maximum Gasteiger partial charge on any atom is 0.270 e. The molecule has 0 aromatic rings. The first-order chi connectivity index (χ1) is 11.9. The predicted molar refractivity (Wildman–Crippen MR) is 91.6 cm³/mol. The van der Waals surface area contributed by atoms with Gasteiger partial charge in [0.25, 0.3) is 5.91 Å². The molecule has 3 aliphatic rings. The van der Waals surface area contributed by atoms with Crippen LogP contribution in [0.2, 0.25) is 0 Å². The number of amides is 1. The molecule has 0 unspecified atom stereocenters. The van der Waals surface area contributed by atoms with E-state index in [2.05, 4.69) is 4.99 Å². The lowest BCUT2D eigenvalue weighted by Gasteiger charge is -2.15. The first-order valence-electron chi connectivity index (χ1n) is 8.22. The van der Waals surface area contributed by atoms with Gasteiger partial charge in [0, 0.05) is 17.8 Å². The van der Waals surface area contributed by atoms with Gasteiger partial charge in [-0.25, -0.2) is 9.79 Å². The van der Waals surface area contributed by atoms with E-state index in [4.69, 9.17) is 0 Å². The van der Waals surface area contributed by atoms with Crippen LogP contribution in [0.4, 0.5) is 0 Å². The minimum absolute atomic E-state index is 0.0649. The van der Waals surface area contributed by atoms with Crippen molar-refractivity contribution >= 4 is 17.4 Å². The van der Waals surface area contributed by atoms with Gasteiger partial charge in [0.15, 0.2) is 5.94 Å². The Kier molecular flexibility index (Phi) is 4.15. The lowest BCUT2D eigenvalue weighted by atomic mass is 9.97. The Morgan fingerprint density at radius 3 is 2.60 bits per heavy atom. The fourth-order valence-electron chi connectivity index (χ4n) is 3.39. The van der Waals surface area contributed by atoms with Gasteiger partial charge in [-0.1, -0.05) is 13.8 Å². The van der Waals surface area contributed by atoms with Gasteiger partial charge in [0.1, 0.15) is 21.8 Å². The van der Waals surface area contributed by atoms with Gasteiger partial charge in [-0.3, -0.25) is 9.59 Å². The molecule has 0 aromatic carbocycles. The number of carbonyl (C=O) groups is 1. The molecule has 0 radical (unpaired) electrons. The Labute approximate surface area is 143 Å². The molecule has 0 bridgehead atoms. The van der Waals surface area contributed by atoms with Crippen LogP contribution in [0.15, 0.2) is 21.9 Å². The molecule has 6 nitrogen and oxygen atoms in total. The molecule has 2 aliphatic heterocycles. The number of nitrogens with zero attached hydrogens (tertiary/aromatic N) is 2. The molecule has 1 amide bonds. The van der Waals surface area contributed by atoms with Gasteiger partial charge in [-0.2, -0.15) is 0 Å². The Hall–Kier alpha value is -2.98. The third-order valence-electron chi connectivity index (χ3n) is 4.46. The third-order valence-corrected chi connectivity index (χ3v) is 4.46. The van der Waals surface area contributed by atoms with Crippen molar-refractivity contribution in [1.82, 2.24) is 4.57 Å². The van der Waals surface area contributed by atoms with Crippen molar-refractivity contribution in [2.75, 3.05) is 0 Å². The molecule has 1 aliphatic carbocycles. The monoisotopic (exact) mass is 338 g/mol. The van der Waals surface area contributed by atoms with E-state index >= 15 is 0 Å². The SMILES string of the molecule is CCCn1c(=C=O)cc(CC)c2c(O)c3c(c(=O)c1=2)=NC(=O)C=C3C. The number of allylic oxidation sites excluding steroid dienone is 1. The molecule has 0 saturated carbocycles. The van der Waals surface area contributed by atoms with E-state index in [0.717, 1.165) is 0 Å². The second-order valence-electron chi connectivity index (χ2n) is 6.06. The summed E-state index contributed by atoms with van der Waals surface area (Å²) in [5, 5.41) is 11.7. The van der Waals surface area contributed by atoms with Crippen molar-refractivity contribution in [3.05, 3.63) is 54.8 Å². The smallest absolute Gasteiger partial charge is 0.270 e. The molecule has 0 spiro atoms. The van der Waals surface area contributed by atoms with Crippen LogP contribution in [0.5, 0.6) is 5.75 Å². The molecule has 0 atom stereocenters. The summed E-state index contributed by atoms with van der Waals surface area (Å²) in [5.74, 6) is 1.27. The Balaban J connectivity index is 2.79. The molecule has 3 rings (SSSR count). The summed E-state index contributed by atoms with van der Waals surface area (Å²) in [5.41, 5.74) is 1.02. The van der Waals surface area contributed by atoms with Crippen LogP contribution < -0.4 is 16.1 Å². The summed E-state index contributed by atoms with van der Waals surface area (Å²) in [7, 11) is 0. The maximum absolute atomic E-state index is 13.1. The summed E-state index contributed by atoms with van der Waals surface area (Å²) in [6.45, 7) is 5.88. The number of aromatic hydroxyl groups is 1. The van der Waals surface area contributed by atoms with Gasteiger partial charge >= 0.3 is 0 Å². The fourth-order valence-corrected chi connectivity index (χ4v) is 3.39. The quantitative estimate of drug-likeness (QED) is 0.873. The second-order valence-corrected chi connectivity index (χ2v) is 6.06. The molecule has 0 aromatic heterocycles. The van der Waals surface area contributed by atoms with Crippen LogP contribution >= 0.6 is 0 Å². The van der Waals surface area contributed by atoms with E-state index in [1.54, 1.807) is 17.6 Å². The second kappa shape index (κ2) is 6.15. The van der Waals surface area contributed by atoms with Crippen molar-refractivity contribution in [3.8, 4) is 5.75 Å². The topological polar surface area (TPSA) is 88.7 Å². The summed E-state index contributed by atoms with van der Waals surface area (Å²) < 4.78 is 1.55. The first-order valence-corrected chi connectivity index (χ1v) is 8.22. The summed E-state index contributed by atoms with van der Waals surface area (Å²) in [6, 6.07) is 1.65. The van der Waals surface area contributed by atoms with Gasteiger partial charge in [0.2, 0.25) is 5.43 Å². The molecule has 128 valence electrons. The molecule has 1 N–H and O–H groups in total. The number of rotatable bonds is 3. The van der Waals surface area contributed by atoms with Gasteiger partial charge in [0.05, 0.1) is 5.56 Å². The van der Waals surface area contributed by atoms with E-state index in [9.17, 15) is 19.5 Å². The van der Waals surface area contributed by atoms with Crippen molar-refractivity contribution in [1.29, 1.82) is 0 Å². The average Bonchev–Trinajstić information content (AvgIpc) is 2.58. The van der Waals surface area contributed by atoms with Crippen LogP contribution in [-0.4, -0.2) is 21.5 Å². The number of hydrogen-bond acceptors (Lipinski definition) is 4. The standard InChI is InChI=1S/C19H18N2O4/c1-4-6-21-12(9-22)8-11(5-2)15-17(21)19(25)16-14(18(15)24)10(3)7-13(23)20-16/h7-8,24H,4-6H2,1-3H3. The van der Waals surface area contributed by atoms with Crippen LogP contribution in [-0.2, 0) is 22.6 Å². The number of fused-ring (bicyclic) bond motifs is 1. The maximum atomic E-state index is 13.1. The number of aryl methyl sites for hydroxylation is 1. The van der Waals surface area contributed by atoms with Gasteiger partial charge in [-0.05, 0) is 37.0 Å². The zero-order valence-electron chi connectivity index (χ0n) is 14.3. The first kappa shape index (κ1) is 16.9. The Bertz CT molecular complexity index is 1200. The van der Waals surface area contributed by atoms with E-state index in [-0.39, 0.29) is 27.4 Å². The highest BCUT2D eigenvalue weighted by Crippen LogP contribution is 2.25. The average molecular weight is 338 g/mol. The number of aromatic nitrogens is 1. The molecule has 25 heavy (non-hydrogen) atoms. The highest BCUT2D eigenvalue weighted by Gasteiger charge is 2.21. The van der Waals surface area contributed by atoms with Crippen molar-refractivity contribution in [2.45, 2.75) is 40.2 Å². The minimum atomic E-state index is -0.531. The molecular formula is C19H18N2O4. The molecular weight excluding hydrogens is 320 g/mol. The lowest BCUT2D eigenvalue weighted by Crippen LogP contribution is -2.38. The van der Waals surface area contributed by atoms with E-state index in [1.807, 2.05) is 19.8 Å². The minimum Gasteiger partial charge on any atom is -0.507 e. The normalized spacial score (nSPS) is 13.2. The van der Waals surface area contributed by atoms with E-state index < -0.39 is 11.3 Å². The van der Waals surface area contributed by atoms with Crippen molar-refractivity contribution in [3.63, 3.8) is 0 Å². The van der Waals surface area contributed by atoms with Crippen LogP contribution in [0.1, 0.15) is 38.3 Å². The van der Waals surface area contributed by atoms with E-state index in [0.29, 0.717) is 35.7 Å². The van der Waals surface area contributed by atoms with Crippen molar-refractivity contribution in [2.24, 2.45) is 4.99 Å². The molecule has 0 saturated heterocycles. The molecule has 2 heterocycles. The van der Waals surface area contributed by atoms with Crippen LogP contribution in [0.3, 0.4) is 0 Å². The molecule has 0 fully saturated rings. The highest BCUT2D eigenvalue weighted by atomic mass is 16.3. The zero-order valence-corrected chi connectivity index (χ0v) is 14.3. The largest absolute Gasteiger partial charge is 0.507 e. The summed E-state index contributed by atoms with van der Waals surface area (Å²) in [6.07, 6.45) is 2.52. The lowest BCUT2D eigenvalue weighted by molar-refractivity contribution is -0.113.